The number of Topliss-reactive ketones (excluding diaryl/α,β-unsaturated/α-hetero) is 1. The molecule has 0 bridgehead atoms. The van der Waals surface area contributed by atoms with E-state index in [0.29, 0.717) is 18.6 Å². The van der Waals surface area contributed by atoms with E-state index in [0.717, 1.165) is 29.1 Å². The summed E-state index contributed by atoms with van der Waals surface area (Å²) in [5.74, 6) is -0.192. The largest absolute Gasteiger partial charge is 0.497 e. The molecule has 1 aromatic carbocycles. The van der Waals surface area contributed by atoms with Crippen LogP contribution in [0.2, 0.25) is 0 Å². The van der Waals surface area contributed by atoms with Crippen molar-refractivity contribution in [1.29, 1.82) is 0 Å². The second-order valence-corrected chi connectivity index (χ2v) is 6.28. The minimum absolute atomic E-state index is 0.153. The molecule has 3 rings (SSSR count). The van der Waals surface area contributed by atoms with Crippen LogP contribution in [0.3, 0.4) is 0 Å². The standard InChI is InChI=1S/C20H23NO4/c1-4-25-20(23)17-12(2)21-15-6-5-7-16(22)19(15)18(17)13-8-10-14(24-3)11-9-13/h6,8-11,18-19,21H,4-5,7H2,1-3H3. The van der Waals surface area contributed by atoms with Crippen molar-refractivity contribution in [2.24, 2.45) is 5.92 Å². The number of methoxy groups -OCH3 is 1. The van der Waals surface area contributed by atoms with E-state index < -0.39 is 0 Å². The fourth-order valence-electron chi connectivity index (χ4n) is 3.66. The Kier molecular flexibility index (Phi) is 4.93. The van der Waals surface area contributed by atoms with E-state index in [4.69, 9.17) is 9.47 Å². The molecule has 5 nitrogen and oxygen atoms in total. The van der Waals surface area contributed by atoms with Crippen LogP contribution < -0.4 is 10.1 Å². The van der Waals surface area contributed by atoms with Gasteiger partial charge in [0.1, 0.15) is 11.5 Å². The maximum absolute atomic E-state index is 12.7. The lowest BCUT2D eigenvalue weighted by molar-refractivity contribution is -0.139. The van der Waals surface area contributed by atoms with Crippen LogP contribution in [0.25, 0.3) is 0 Å². The molecule has 0 fully saturated rings. The van der Waals surface area contributed by atoms with Crippen molar-refractivity contribution in [3.05, 3.63) is 52.9 Å². The Morgan fingerprint density at radius 2 is 1.96 bits per heavy atom. The lowest BCUT2D eigenvalue weighted by Gasteiger charge is -2.38. The quantitative estimate of drug-likeness (QED) is 0.853. The third-order valence-corrected chi connectivity index (χ3v) is 4.79. The fourth-order valence-corrected chi connectivity index (χ4v) is 3.66. The first-order valence-electron chi connectivity index (χ1n) is 8.58. The minimum atomic E-state index is -0.370. The zero-order chi connectivity index (χ0) is 18.0. The van der Waals surface area contributed by atoms with Gasteiger partial charge in [0.2, 0.25) is 0 Å². The van der Waals surface area contributed by atoms with Gasteiger partial charge < -0.3 is 14.8 Å². The number of fused-ring (bicyclic) bond motifs is 1. The van der Waals surface area contributed by atoms with Gasteiger partial charge in [0.05, 0.1) is 25.2 Å². The third-order valence-electron chi connectivity index (χ3n) is 4.79. The Hall–Kier alpha value is -2.56. The highest BCUT2D eigenvalue weighted by atomic mass is 16.5. The molecular formula is C20H23NO4. The van der Waals surface area contributed by atoms with E-state index in [1.54, 1.807) is 14.0 Å². The Balaban J connectivity index is 2.12. The summed E-state index contributed by atoms with van der Waals surface area (Å²) < 4.78 is 10.5. The Bertz CT molecular complexity index is 745. The van der Waals surface area contributed by atoms with Crippen LogP contribution >= 0.6 is 0 Å². The topological polar surface area (TPSA) is 64.6 Å². The molecule has 1 heterocycles. The van der Waals surface area contributed by atoms with Crippen LogP contribution in [0.5, 0.6) is 5.75 Å². The van der Waals surface area contributed by atoms with Crippen molar-refractivity contribution in [3.63, 3.8) is 0 Å². The van der Waals surface area contributed by atoms with Crippen LogP contribution in [-0.4, -0.2) is 25.5 Å². The lowest BCUT2D eigenvalue weighted by atomic mass is 9.71. The fraction of sp³-hybridized carbons (Fsp3) is 0.400. The second kappa shape index (κ2) is 7.13. The maximum atomic E-state index is 12.7. The summed E-state index contributed by atoms with van der Waals surface area (Å²) in [4.78, 5) is 25.3. The van der Waals surface area contributed by atoms with Crippen molar-refractivity contribution < 1.29 is 19.1 Å². The molecule has 2 atom stereocenters. The minimum Gasteiger partial charge on any atom is -0.497 e. The third kappa shape index (κ3) is 3.18. The van der Waals surface area contributed by atoms with Crippen molar-refractivity contribution >= 4 is 11.8 Å². The van der Waals surface area contributed by atoms with Gasteiger partial charge >= 0.3 is 5.97 Å². The van der Waals surface area contributed by atoms with Crippen LogP contribution in [-0.2, 0) is 14.3 Å². The molecule has 1 aliphatic carbocycles. The molecule has 0 saturated carbocycles. The number of allylic oxidation sites excluding steroid dienone is 3. The van der Waals surface area contributed by atoms with E-state index in [9.17, 15) is 9.59 Å². The van der Waals surface area contributed by atoms with Crippen LogP contribution in [0, 0.1) is 5.92 Å². The highest BCUT2D eigenvalue weighted by molar-refractivity contribution is 5.96. The first kappa shape index (κ1) is 17.3. The maximum Gasteiger partial charge on any atom is 0.336 e. The number of carbonyl (C=O) groups excluding carboxylic acids is 2. The molecule has 25 heavy (non-hydrogen) atoms. The number of benzene rings is 1. The number of ketones is 1. The molecule has 0 saturated heterocycles. The molecule has 0 spiro atoms. The molecule has 1 aliphatic heterocycles. The first-order chi connectivity index (χ1) is 12.1. The summed E-state index contributed by atoms with van der Waals surface area (Å²) in [5, 5.41) is 3.25. The molecule has 2 unspecified atom stereocenters. The van der Waals surface area contributed by atoms with Gasteiger partial charge in [-0.05, 0) is 38.0 Å². The van der Waals surface area contributed by atoms with Gasteiger partial charge in [-0.15, -0.1) is 0 Å². The lowest BCUT2D eigenvalue weighted by Crippen LogP contribution is -2.40. The number of ether oxygens (including phenoxy) is 2. The summed E-state index contributed by atoms with van der Waals surface area (Å²) >= 11 is 0. The van der Waals surface area contributed by atoms with Crippen molar-refractivity contribution in [2.75, 3.05) is 13.7 Å². The van der Waals surface area contributed by atoms with E-state index in [2.05, 4.69) is 11.4 Å². The average Bonchev–Trinajstić information content (AvgIpc) is 2.61. The number of hydrogen-bond donors (Lipinski definition) is 1. The van der Waals surface area contributed by atoms with E-state index in [1.165, 1.54) is 0 Å². The van der Waals surface area contributed by atoms with E-state index in [-0.39, 0.29) is 23.6 Å². The molecule has 0 aromatic heterocycles. The smallest absolute Gasteiger partial charge is 0.336 e. The molecule has 0 radical (unpaired) electrons. The van der Waals surface area contributed by atoms with Crippen LogP contribution in [0.1, 0.15) is 38.2 Å². The highest BCUT2D eigenvalue weighted by Gasteiger charge is 2.43. The highest BCUT2D eigenvalue weighted by Crippen LogP contribution is 2.44. The van der Waals surface area contributed by atoms with Gasteiger partial charge in [0.15, 0.2) is 0 Å². The number of esters is 1. The number of nitrogens with one attached hydrogen (secondary N) is 1. The molecule has 1 aromatic rings. The predicted molar refractivity (Wildman–Crippen MR) is 94.0 cm³/mol. The summed E-state index contributed by atoms with van der Waals surface area (Å²) in [7, 11) is 1.61. The Morgan fingerprint density at radius 3 is 2.60 bits per heavy atom. The number of carbonyl (C=O) groups is 2. The number of hydrogen-bond acceptors (Lipinski definition) is 5. The van der Waals surface area contributed by atoms with Gasteiger partial charge in [-0.25, -0.2) is 4.79 Å². The van der Waals surface area contributed by atoms with Gasteiger partial charge in [-0.1, -0.05) is 18.2 Å². The first-order valence-corrected chi connectivity index (χ1v) is 8.58. The summed E-state index contributed by atoms with van der Waals surface area (Å²) in [6, 6.07) is 7.54. The molecule has 2 aliphatic rings. The summed E-state index contributed by atoms with van der Waals surface area (Å²) in [5.41, 5.74) is 3.08. The Labute approximate surface area is 147 Å². The van der Waals surface area contributed by atoms with Gasteiger partial charge in [0.25, 0.3) is 0 Å². The molecule has 5 heteroatoms. The van der Waals surface area contributed by atoms with Crippen molar-refractivity contribution in [3.8, 4) is 5.75 Å². The average molecular weight is 341 g/mol. The molecular weight excluding hydrogens is 318 g/mol. The Morgan fingerprint density at radius 1 is 1.24 bits per heavy atom. The van der Waals surface area contributed by atoms with Gasteiger partial charge in [-0.3, -0.25) is 4.79 Å². The second-order valence-electron chi connectivity index (χ2n) is 6.28. The zero-order valence-corrected chi connectivity index (χ0v) is 14.8. The monoisotopic (exact) mass is 341 g/mol. The molecule has 1 N–H and O–H groups in total. The van der Waals surface area contributed by atoms with E-state index >= 15 is 0 Å². The SMILES string of the molecule is CCOC(=O)C1=C(C)NC2=CCCC(=O)C2C1c1ccc(OC)cc1. The summed E-state index contributed by atoms with van der Waals surface area (Å²) in [6.45, 7) is 3.94. The summed E-state index contributed by atoms with van der Waals surface area (Å²) in [6.07, 6.45) is 3.29. The van der Waals surface area contributed by atoms with Crippen molar-refractivity contribution in [1.82, 2.24) is 5.32 Å². The van der Waals surface area contributed by atoms with Crippen molar-refractivity contribution in [2.45, 2.75) is 32.6 Å². The van der Waals surface area contributed by atoms with Gasteiger partial charge in [0, 0.05) is 23.7 Å². The van der Waals surface area contributed by atoms with Crippen LogP contribution in [0.15, 0.2) is 47.3 Å². The van der Waals surface area contributed by atoms with E-state index in [1.807, 2.05) is 31.2 Å². The molecule has 0 amide bonds. The van der Waals surface area contributed by atoms with Gasteiger partial charge in [-0.2, -0.15) is 0 Å². The number of rotatable bonds is 4. The normalized spacial score (nSPS) is 22.7. The predicted octanol–water partition coefficient (Wildman–Crippen LogP) is 3.08. The zero-order valence-electron chi connectivity index (χ0n) is 14.8. The molecule has 132 valence electrons. The van der Waals surface area contributed by atoms with Crippen LogP contribution in [0.4, 0.5) is 0 Å².